The fourth-order valence-electron chi connectivity index (χ4n) is 0.915. The van der Waals surface area contributed by atoms with Crippen LogP contribution >= 0.6 is 0 Å². The molecule has 0 aromatic heterocycles. The predicted molar refractivity (Wildman–Crippen MR) is 110 cm³/mol. The second-order valence-corrected chi connectivity index (χ2v) is 4.47. The minimum atomic E-state index is 0. The van der Waals surface area contributed by atoms with Crippen LogP contribution in [-0.4, -0.2) is 52.4 Å². The molecule has 0 aliphatic rings. The van der Waals surface area contributed by atoms with Crippen molar-refractivity contribution in [1.82, 2.24) is 0 Å². The molecule has 0 aliphatic heterocycles. The van der Waals surface area contributed by atoms with Crippen LogP contribution in [0.1, 0.15) is 25.7 Å². The van der Waals surface area contributed by atoms with Crippen molar-refractivity contribution in [2.24, 2.45) is 0 Å². The first-order valence-corrected chi connectivity index (χ1v) is 8.32. The van der Waals surface area contributed by atoms with Crippen LogP contribution in [0.5, 0.6) is 0 Å². The van der Waals surface area contributed by atoms with Crippen molar-refractivity contribution in [2.75, 3.05) is 52.4 Å². The first-order chi connectivity index (χ1) is 13.7. The summed E-state index contributed by atoms with van der Waals surface area (Å²) in [5.74, 6) is 0. The summed E-state index contributed by atoms with van der Waals surface area (Å²) < 4.78 is 0. The van der Waals surface area contributed by atoms with Crippen molar-refractivity contribution in [2.45, 2.75) is 25.7 Å². The maximum atomic E-state index is 6.30. The monoisotopic (exact) mass is 582 g/mol. The smallest absolute Gasteiger partial charge is 0.221 e. The molecule has 2 radical (unpaired) electrons. The normalized spacial score (nSPS) is 6.13. The Morgan fingerprint density at radius 1 is 0.267 bits per heavy atom. The van der Waals surface area contributed by atoms with Gasteiger partial charge in [-0.05, 0) is 0 Å². The summed E-state index contributed by atoms with van der Waals surface area (Å²) >= 11 is 0. The molecule has 10 heteroatoms. The molecule has 0 bridgehead atoms. The van der Waals surface area contributed by atoms with E-state index in [1.807, 2.05) is 0 Å². The molecule has 0 aromatic rings. The van der Waals surface area contributed by atoms with Gasteiger partial charge in [0.1, 0.15) is 0 Å². The van der Waals surface area contributed by atoms with E-state index in [2.05, 4.69) is 38.8 Å². The molecule has 162 valence electrons. The maximum absolute atomic E-state index is 6.30. The van der Waals surface area contributed by atoms with Gasteiger partial charge in [0.05, 0.1) is 25.7 Å². The zero-order valence-electron chi connectivity index (χ0n) is 16.7. The Morgan fingerprint density at radius 2 is 0.367 bits per heavy atom. The SMILES string of the molecule is [C-]#[N+]CCC[N+]#[C-].[C-]#[N+]CCC[N+]#[C-].[C-]#[N+]CCC[N+]#[C-].[C-]#[N+]CCC[N+]#[C-].[Rh].[Rh]. The van der Waals surface area contributed by atoms with Gasteiger partial charge in [-0.2, -0.15) is 0 Å². The summed E-state index contributed by atoms with van der Waals surface area (Å²) in [5, 5.41) is 0. The van der Waals surface area contributed by atoms with E-state index in [1.54, 1.807) is 0 Å². The molecule has 30 heavy (non-hydrogen) atoms. The Hall–Kier alpha value is -2.83. The minimum absolute atomic E-state index is 0. The molecule has 0 saturated heterocycles. The molecular weight excluding hydrogens is 558 g/mol. The van der Waals surface area contributed by atoms with Crippen molar-refractivity contribution in [3.05, 3.63) is 91.3 Å². The van der Waals surface area contributed by atoms with Crippen molar-refractivity contribution >= 4 is 0 Å². The minimum Gasteiger partial charge on any atom is -0.317 e. The van der Waals surface area contributed by atoms with Crippen molar-refractivity contribution in [3.8, 4) is 0 Å². The molecule has 0 aromatic carbocycles. The second-order valence-electron chi connectivity index (χ2n) is 4.47. The second kappa shape index (κ2) is 56.2. The van der Waals surface area contributed by atoms with Crippen LogP contribution in [0.2, 0.25) is 0 Å². The summed E-state index contributed by atoms with van der Waals surface area (Å²) in [7, 11) is 0. The molecule has 0 aliphatic carbocycles. The van der Waals surface area contributed by atoms with E-state index < -0.39 is 0 Å². The summed E-state index contributed by atoms with van der Waals surface area (Å²) in [6, 6.07) is 0. The van der Waals surface area contributed by atoms with Crippen LogP contribution in [0, 0.1) is 52.6 Å². The molecule has 8 nitrogen and oxygen atoms in total. The Balaban J connectivity index is -0.0000000626. The van der Waals surface area contributed by atoms with Gasteiger partial charge in [-0.25, -0.2) is 52.6 Å². The molecular formula is C20H24N8Rh2. The molecule has 0 atom stereocenters. The Bertz CT molecular complexity index is 492. The van der Waals surface area contributed by atoms with Crippen LogP contribution < -0.4 is 0 Å². The van der Waals surface area contributed by atoms with Gasteiger partial charge in [-0.1, -0.05) is 0 Å². The van der Waals surface area contributed by atoms with Gasteiger partial charge in [-0.3, -0.25) is 0 Å². The fourth-order valence-corrected chi connectivity index (χ4v) is 0.915. The van der Waals surface area contributed by atoms with Gasteiger partial charge in [0.15, 0.2) is 0 Å². The molecule has 0 amide bonds. The molecule has 0 rings (SSSR count). The van der Waals surface area contributed by atoms with Crippen LogP contribution in [0.3, 0.4) is 0 Å². The Labute approximate surface area is 207 Å². The van der Waals surface area contributed by atoms with E-state index in [-0.39, 0.29) is 39.0 Å². The van der Waals surface area contributed by atoms with Crippen molar-refractivity contribution < 1.29 is 39.0 Å². The van der Waals surface area contributed by atoms with Crippen LogP contribution in [-0.2, 0) is 39.0 Å². The first-order valence-electron chi connectivity index (χ1n) is 8.32. The standard InChI is InChI=1S/4C5H6N2.2Rh/c4*1-6-4-3-5-7-2;;/h4*3-5H2;;. The Morgan fingerprint density at radius 3 is 0.433 bits per heavy atom. The van der Waals surface area contributed by atoms with E-state index in [0.29, 0.717) is 52.4 Å². The van der Waals surface area contributed by atoms with Gasteiger partial charge < -0.3 is 38.8 Å². The van der Waals surface area contributed by atoms with E-state index in [0.717, 1.165) is 25.7 Å². The van der Waals surface area contributed by atoms with Gasteiger partial charge in [0, 0.05) is 39.0 Å². The molecule has 0 N–H and O–H groups in total. The van der Waals surface area contributed by atoms with Gasteiger partial charge in [0.25, 0.3) is 0 Å². The summed E-state index contributed by atoms with van der Waals surface area (Å²) in [4.78, 5) is 24.6. The van der Waals surface area contributed by atoms with Gasteiger partial charge in [0.2, 0.25) is 52.4 Å². The number of hydrogen-bond acceptors (Lipinski definition) is 0. The first kappa shape index (κ1) is 41.5. The van der Waals surface area contributed by atoms with E-state index >= 15 is 0 Å². The van der Waals surface area contributed by atoms with Crippen LogP contribution in [0.15, 0.2) is 0 Å². The number of nitrogens with zero attached hydrogens (tertiary/aromatic N) is 8. The number of rotatable bonds is 8. The molecule has 0 heterocycles. The largest absolute Gasteiger partial charge is 0.317 e. The molecule has 0 spiro atoms. The topological polar surface area (TPSA) is 34.9 Å². The predicted octanol–water partition coefficient (Wildman–Crippen LogP) is 4.86. The molecule has 0 saturated carbocycles. The van der Waals surface area contributed by atoms with E-state index in [4.69, 9.17) is 52.6 Å². The fraction of sp³-hybridized carbons (Fsp3) is 0.600. The van der Waals surface area contributed by atoms with Crippen LogP contribution in [0.4, 0.5) is 0 Å². The Kier molecular flexibility index (Phi) is 77.8. The van der Waals surface area contributed by atoms with E-state index in [1.165, 1.54) is 0 Å². The zero-order valence-corrected chi connectivity index (χ0v) is 20.0. The number of hydrogen-bond donors (Lipinski definition) is 0. The molecule has 0 unspecified atom stereocenters. The third-order valence-electron chi connectivity index (χ3n) is 2.16. The average Bonchev–Trinajstić information content (AvgIpc) is 2.71. The van der Waals surface area contributed by atoms with Crippen molar-refractivity contribution in [1.29, 1.82) is 0 Å². The maximum Gasteiger partial charge on any atom is 0.221 e. The third kappa shape index (κ3) is 84.8. The zero-order chi connectivity index (χ0) is 22.1. The van der Waals surface area contributed by atoms with Crippen LogP contribution in [0.25, 0.3) is 38.8 Å². The van der Waals surface area contributed by atoms with Crippen molar-refractivity contribution in [3.63, 3.8) is 0 Å². The van der Waals surface area contributed by atoms with E-state index in [9.17, 15) is 0 Å². The molecule has 0 fully saturated rings. The summed E-state index contributed by atoms with van der Waals surface area (Å²) in [5.41, 5.74) is 0. The van der Waals surface area contributed by atoms with Gasteiger partial charge in [-0.15, -0.1) is 0 Å². The summed E-state index contributed by atoms with van der Waals surface area (Å²) in [6.07, 6.45) is 2.92. The quantitative estimate of drug-likeness (QED) is 0.223. The summed E-state index contributed by atoms with van der Waals surface area (Å²) in [6.45, 7) is 54.4. The third-order valence-corrected chi connectivity index (χ3v) is 2.16. The average molecular weight is 582 g/mol. The van der Waals surface area contributed by atoms with Gasteiger partial charge >= 0.3 is 0 Å².